The highest BCUT2D eigenvalue weighted by molar-refractivity contribution is 5.95. The highest BCUT2D eigenvalue weighted by atomic mass is 16.2. The summed E-state index contributed by atoms with van der Waals surface area (Å²) in [7, 11) is 0. The Balaban J connectivity index is 2.98. The number of carbonyl (C=O) groups excluding carboxylic acids is 1. The number of anilines is 1. The summed E-state index contributed by atoms with van der Waals surface area (Å²) in [6.07, 6.45) is 2.82. The summed E-state index contributed by atoms with van der Waals surface area (Å²) in [6, 6.07) is 8.21. The van der Waals surface area contributed by atoms with Crippen LogP contribution in [0.1, 0.15) is 45.6 Å². The predicted molar refractivity (Wildman–Crippen MR) is 77.9 cm³/mol. The number of benzene rings is 1. The zero-order chi connectivity index (χ0) is 13.5. The molecule has 18 heavy (non-hydrogen) atoms. The van der Waals surface area contributed by atoms with Crippen LogP contribution in [0.25, 0.3) is 0 Å². The Morgan fingerprint density at radius 2 is 1.89 bits per heavy atom. The molecule has 0 spiro atoms. The largest absolute Gasteiger partial charge is 0.312 e. The molecule has 1 aromatic rings. The highest BCUT2D eigenvalue weighted by Crippen LogP contribution is 2.21. The van der Waals surface area contributed by atoms with Crippen LogP contribution in [0.15, 0.2) is 24.3 Å². The summed E-state index contributed by atoms with van der Waals surface area (Å²) in [6.45, 7) is 9.16. The number of hydrogen-bond donors (Lipinski definition) is 0. The molecule has 0 aliphatic rings. The summed E-state index contributed by atoms with van der Waals surface area (Å²) in [5.41, 5.74) is 2.24. The molecule has 100 valence electrons. The fourth-order valence-corrected chi connectivity index (χ4v) is 2.24. The molecule has 0 aliphatic carbocycles. The van der Waals surface area contributed by atoms with Crippen LogP contribution < -0.4 is 4.90 Å². The Morgan fingerprint density at radius 1 is 1.22 bits per heavy atom. The maximum atomic E-state index is 12.5. The molecule has 2 heteroatoms. The van der Waals surface area contributed by atoms with Crippen LogP contribution in [0, 0.1) is 12.8 Å². The van der Waals surface area contributed by atoms with Crippen LogP contribution in [0.5, 0.6) is 0 Å². The van der Waals surface area contributed by atoms with Crippen LogP contribution in [-0.4, -0.2) is 12.5 Å². The molecule has 0 bridgehead atoms. The third-order valence-electron chi connectivity index (χ3n) is 3.36. The van der Waals surface area contributed by atoms with E-state index in [0.29, 0.717) is 0 Å². The van der Waals surface area contributed by atoms with Gasteiger partial charge in [-0.1, -0.05) is 32.9 Å². The van der Waals surface area contributed by atoms with Gasteiger partial charge >= 0.3 is 0 Å². The van der Waals surface area contributed by atoms with Crippen LogP contribution in [0.2, 0.25) is 0 Å². The van der Waals surface area contributed by atoms with E-state index in [0.717, 1.165) is 31.5 Å². The minimum Gasteiger partial charge on any atom is -0.312 e. The minimum atomic E-state index is 0.150. The number of carbonyl (C=O) groups is 1. The Kier molecular flexibility index (Phi) is 5.90. The molecule has 0 saturated heterocycles. The number of rotatable bonds is 6. The molecule has 0 heterocycles. The Hall–Kier alpha value is -1.31. The van der Waals surface area contributed by atoms with Gasteiger partial charge in [0.15, 0.2) is 0 Å². The average Bonchev–Trinajstić information content (AvgIpc) is 2.37. The van der Waals surface area contributed by atoms with Crippen molar-refractivity contribution in [1.82, 2.24) is 0 Å². The maximum absolute atomic E-state index is 12.5. The lowest BCUT2D eigenvalue weighted by Crippen LogP contribution is -2.36. The molecule has 0 aliphatic heterocycles. The van der Waals surface area contributed by atoms with Gasteiger partial charge in [-0.25, -0.2) is 0 Å². The highest BCUT2D eigenvalue weighted by Gasteiger charge is 2.22. The molecule has 1 amide bonds. The summed E-state index contributed by atoms with van der Waals surface area (Å²) >= 11 is 0. The molecule has 1 aromatic carbocycles. The summed E-state index contributed by atoms with van der Waals surface area (Å²) < 4.78 is 0. The lowest BCUT2D eigenvalue weighted by Gasteiger charge is -2.26. The van der Waals surface area contributed by atoms with Crippen molar-refractivity contribution < 1.29 is 4.79 Å². The normalized spacial score (nSPS) is 10.7. The summed E-state index contributed by atoms with van der Waals surface area (Å²) in [5, 5.41) is 0. The summed E-state index contributed by atoms with van der Waals surface area (Å²) in [5.74, 6) is 0.421. The standard InChI is InChI=1S/C16H25NO/c1-5-11-17(16(18)14(6-2)7-3)15-10-8-9-13(4)12-15/h8-10,12,14H,5-7,11H2,1-4H3. The van der Waals surface area contributed by atoms with Gasteiger partial charge in [0, 0.05) is 18.2 Å². The molecule has 1 rings (SSSR count). The number of aryl methyl sites for hydroxylation is 1. The van der Waals surface area contributed by atoms with E-state index < -0.39 is 0 Å². The van der Waals surface area contributed by atoms with Crippen molar-refractivity contribution in [2.45, 2.75) is 47.0 Å². The van der Waals surface area contributed by atoms with Gasteiger partial charge in [0.1, 0.15) is 0 Å². The van der Waals surface area contributed by atoms with E-state index in [-0.39, 0.29) is 11.8 Å². The zero-order valence-electron chi connectivity index (χ0n) is 12.1. The van der Waals surface area contributed by atoms with Gasteiger partial charge in [-0.15, -0.1) is 0 Å². The van der Waals surface area contributed by atoms with Crippen molar-refractivity contribution in [3.05, 3.63) is 29.8 Å². The van der Waals surface area contributed by atoms with Crippen molar-refractivity contribution >= 4 is 11.6 Å². The van der Waals surface area contributed by atoms with Gasteiger partial charge < -0.3 is 4.90 Å². The molecular weight excluding hydrogens is 222 g/mol. The first-order chi connectivity index (χ1) is 8.63. The third-order valence-corrected chi connectivity index (χ3v) is 3.36. The van der Waals surface area contributed by atoms with E-state index in [1.54, 1.807) is 0 Å². The van der Waals surface area contributed by atoms with Gasteiger partial charge in [0.2, 0.25) is 5.91 Å². The van der Waals surface area contributed by atoms with Crippen molar-refractivity contribution in [1.29, 1.82) is 0 Å². The second kappa shape index (κ2) is 7.20. The molecule has 0 aromatic heterocycles. The predicted octanol–water partition coefficient (Wildman–Crippen LogP) is 4.17. The first-order valence-corrected chi connectivity index (χ1v) is 7.02. The van der Waals surface area contributed by atoms with E-state index in [9.17, 15) is 4.79 Å². The number of amides is 1. The molecule has 0 N–H and O–H groups in total. The summed E-state index contributed by atoms with van der Waals surface area (Å²) in [4.78, 5) is 14.5. The Morgan fingerprint density at radius 3 is 2.39 bits per heavy atom. The van der Waals surface area contributed by atoms with Gasteiger partial charge in [-0.05, 0) is 43.9 Å². The SMILES string of the molecule is CCCN(C(=O)C(CC)CC)c1cccc(C)c1. The van der Waals surface area contributed by atoms with Crippen LogP contribution in [-0.2, 0) is 4.79 Å². The Labute approximate surface area is 111 Å². The monoisotopic (exact) mass is 247 g/mol. The third kappa shape index (κ3) is 3.59. The minimum absolute atomic E-state index is 0.150. The molecule has 2 nitrogen and oxygen atoms in total. The molecule has 0 radical (unpaired) electrons. The van der Waals surface area contributed by atoms with Crippen molar-refractivity contribution in [3.63, 3.8) is 0 Å². The Bertz CT molecular complexity index is 382. The van der Waals surface area contributed by atoms with Gasteiger partial charge in [-0.2, -0.15) is 0 Å². The molecular formula is C16H25NO. The van der Waals surface area contributed by atoms with E-state index in [2.05, 4.69) is 39.8 Å². The van der Waals surface area contributed by atoms with Gasteiger partial charge in [0.05, 0.1) is 0 Å². The first-order valence-electron chi connectivity index (χ1n) is 7.02. The lowest BCUT2D eigenvalue weighted by atomic mass is 10.0. The van der Waals surface area contributed by atoms with Gasteiger partial charge in [0.25, 0.3) is 0 Å². The molecule has 0 unspecified atom stereocenters. The van der Waals surface area contributed by atoms with Crippen LogP contribution in [0.4, 0.5) is 5.69 Å². The second-order valence-corrected chi connectivity index (χ2v) is 4.84. The smallest absolute Gasteiger partial charge is 0.230 e. The molecule has 0 fully saturated rings. The van der Waals surface area contributed by atoms with Crippen LogP contribution in [0.3, 0.4) is 0 Å². The molecule has 0 atom stereocenters. The number of nitrogens with zero attached hydrogens (tertiary/aromatic N) is 1. The van der Waals surface area contributed by atoms with Crippen LogP contribution >= 0.6 is 0 Å². The van der Waals surface area contributed by atoms with Crippen molar-refractivity contribution in [2.24, 2.45) is 5.92 Å². The van der Waals surface area contributed by atoms with E-state index in [1.807, 2.05) is 17.0 Å². The fraction of sp³-hybridized carbons (Fsp3) is 0.562. The zero-order valence-corrected chi connectivity index (χ0v) is 12.1. The number of hydrogen-bond acceptors (Lipinski definition) is 1. The second-order valence-electron chi connectivity index (χ2n) is 4.84. The van der Waals surface area contributed by atoms with E-state index in [1.165, 1.54) is 5.56 Å². The maximum Gasteiger partial charge on any atom is 0.230 e. The molecule has 0 saturated carbocycles. The lowest BCUT2D eigenvalue weighted by molar-refractivity contribution is -0.122. The van der Waals surface area contributed by atoms with Gasteiger partial charge in [-0.3, -0.25) is 4.79 Å². The topological polar surface area (TPSA) is 20.3 Å². The van der Waals surface area contributed by atoms with Crippen molar-refractivity contribution in [2.75, 3.05) is 11.4 Å². The average molecular weight is 247 g/mol. The fourth-order valence-electron chi connectivity index (χ4n) is 2.24. The van der Waals surface area contributed by atoms with Crippen molar-refractivity contribution in [3.8, 4) is 0 Å². The first kappa shape index (κ1) is 14.7. The van der Waals surface area contributed by atoms with E-state index in [4.69, 9.17) is 0 Å². The van der Waals surface area contributed by atoms with E-state index >= 15 is 0 Å². The quantitative estimate of drug-likeness (QED) is 0.738.